The van der Waals surface area contributed by atoms with Gasteiger partial charge in [-0.1, -0.05) is 6.92 Å². The van der Waals surface area contributed by atoms with Crippen molar-refractivity contribution in [2.24, 2.45) is 5.92 Å². The quantitative estimate of drug-likeness (QED) is 0.685. The second kappa shape index (κ2) is 7.21. The van der Waals surface area contributed by atoms with Crippen molar-refractivity contribution in [2.45, 2.75) is 19.4 Å². The molecule has 0 aromatic heterocycles. The fraction of sp³-hybridized carbons (Fsp3) is 0.917. The van der Waals surface area contributed by atoms with E-state index in [4.69, 9.17) is 4.74 Å². The highest BCUT2D eigenvalue weighted by molar-refractivity contribution is 7.91. The summed E-state index contributed by atoms with van der Waals surface area (Å²) in [6.07, 6.45) is 0.532. The van der Waals surface area contributed by atoms with Gasteiger partial charge < -0.3 is 15.0 Å². The number of ether oxygens (including phenoxy) is 1. The number of hydrogen-bond acceptors (Lipinski definition) is 5. The highest BCUT2D eigenvalue weighted by Gasteiger charge is 2.35. The first-order valence-electron chi connectivity index (χ1n) is 6.55. The molecule has 1 rings (SSSR count). The summed E-state index contributed by atoms with van der Waals surface area (Å²) in [6, 6.07) is -0.202. The minimum Gasteiger partial charge on any atom is -0.383 e. The van der Waals surface area contributed by atoms with Crippen molar-refractivity contribution >= 4 is 15.7 Å². The van der Waals surface area contributed by atoms with Gasteiger partial charge >= 0.3 is 0 Å². The van der Waals surface area contributed by atoms with E-state index >= 15 is 0 Å². The van der Waals surface area contributed by atoms with Crippen molar-refractivity contribution in [3.05, 3.63) is 0 Å². The molecule has 0 aromatic rings. The van der Waals surface area contributed by atoms with Crippen LogP contribution in [0.5, 0.6) is 0 Å². The van der Waals surface area contributed by atoms with Crippen LogP contribution in [-0.4, -0.2) is 70.6 Å². The molecule has 0 aliphatic carbocycles. The van der Waals surface area contributed by atoms with E-state index in [0.29, 0.717) is 26.1 Å². The summed E-state index contributed by atoms with van der Waals surface area (Å²) in [7, 11) is 0.382. The van der Waals surface area contributed by atoms with Gasteiger partial charge in [-0.05, 0) is 13.5 Å². The van der Waals surface area contributed by atoms with Crippen LogP contribution >= 0.6 is 0 Å². The average Bonchev–Trinajstić information content (AvgIpc) is 2.70. The number of methoxy groups -OCH3 is 1. The Morgan fingerprint density at radius 1 is 1.53 bits per heavy atom. The number of rotatable bonds is 7. The molecule has 1 aliphatic heterocycles. The zero-order valence-electron chi connectivity index (χ0n) is 11.9. The van der Waals surface area contributed by atoms with Crippen LogP contribution in [0.25, 0.3) is 0 Å². The number of hydrogen-bond donors (Lipinski definition) is 1. The number of nitrogens with one attached hydrogen (secondary N) is 1. The molecular weight excluding hydrogens is 268 g/mol. The molecule has 1 saturated heterocycles. The third-order valence-electron chi connectivity index (χ3n) is 3.40. The fourth-order valence-corrected chi connectivity index (χ4v) is 4.09. The van der Waals surface area contributed by atoms with E-state index in [1.54, 1.807) is 19.1 Å². The topological polar surface area (TPSA) is 75.7 Å². The SMILES string of the molecule is CNCC(C)C(=O)N(CCOC)C1CCS(=O)(=O)C1. The monoisotopic (exact) mass is 292 g/mol. The van der Waals surface area contributed by atoms with Crippen molar-refractivity contribution in [1.82, 2.24) is 10.2 Å². The Morgan fingerprint density at radius 3 is 2.68 bits per heavy atom. The van der Waals surface area contributed by atoms with E-state index in [1.807, 2.05) is 6.92 Å². The van der Waals surface area contributed by atoms with Crippen LogP contribution in [0.3, 0.4) is 0 Å². The van der Waals surface area contributed by atoms with Gasteiger partial charge in [0.2, 0.25) is 5.91 Å². The first kappa shape index (κ1) is 16.4. The minimum absolute atomic E-state index is 0.00602. The van der Waals surface area contributed by atoms with Gasteiger partial charge in [-0.2, -0.15) is 0 Å². The Hall–Kier alpha value is -0.660. The van der Waals surface area contributed by atoms with E-state index < -0.39 is 9.84 Å². The Labute approximate surface area is 115 Å². The van der Waals surface area contributed by atoms with Gasteiger partial charge in [0.25, 0.3) is 0 Å². The first-order chi connectivity index (χ1) is 8.91. The molecular formula is C12H24N2O4S. The van der Waals surface area contributed by atoms with Gasteiger partial charge in [-0.25, -0.2) is 8.42 Å². The van der Waals surface area contributed by atoms with E-state index in [9.17, 15) is 13.2 Å². The highest BCUT2D eigenvalue weighted by Crippen LogP contribution is 2.19. The lowest BCUT2D eigenvalue weighted by Crippen LogP contribution is -2.47. The lowest BCUT2D eigenvalue weighted by molar-refractivity contribution is -0.137. The smallest absolute Gasteiger partial charge is 0.227 e. The Morgan fingerprint density at radius 2 is 2.21 bits per heavy atom. The maximum atomic E-state index is 12.4. The van der Waals surface area contributed by atoms with Gasteiger partial charge in [-0.15, -0.1) is 0 Å². The minimum atomic E-state index is -2.99. The maximum absolute atomic E-state index is 12.4. The van der Waals surface area contributed by atoms with E-state index in [2.05, 4.69) is 5.32 Å². The number of sulfone groups is 1. The first-order valence-corrected chi connectivity index (χ1v) is 8.38. The molecule has 0 aromatic carbocycles. The van der Waals surface area contributed by atoms with Gasteiger partial charge in [0.15, 0.2) is 9.84 Å². The number of carbonyl (C=O) groups excluding carboxylic acids is 1. The molecule has 2 unspecified atom stereocenters. The predicted molar refractivity (Wildman–Crippen MR) is 73.7 cm³/mol. The molecule has 1 amide bonds. The van der Waals surface area contributed by atoms with E-state index in [0.717, 1.165) is 0 Å². The summed E-state index contributed by atoms with van der Waals surface area (Å²) in [6.45, 7) is 3.31. The van der Waals surface area contributed by atoms with Crippen LogP contribution in [0.2, 0.25) is 0 Å². The fourth-order valence-electron chi connectivity index (χ4n) is 2.36. The summed E-state index contributed by atoms with van der Waals surface area (Å²) in [5.41, 5.74) is 0. The Balaban J connectivity index is 2.74. The lowest BCUT2D eigenvalue weighted by atomic mass is 10.1. The highest BCUT2D eigenvalue weighted by atomic mass is 32.2. The molecule has 1 heterocycles. The largest absolute Gasteiger partial charge is 0.383 e. The second-order valence-corrected chi connectivity index (χ2v) is 7.27. The van der Waals surface area contributed by atoms with Crippen molar-refractivity contribution in [2.75, 3.05) is 45.4 Å². The number of carbonyl (C=O) groups is 1. The van der Waals surface area contributed by atoms with Crippen LogP contribution in [-0.2, 0) is 19.4 Å². The third kappa shape index (κ3) is 4.74. The normalized spacial score (nSPS) is 23.2. The molecule has 19 heavy (non-hydrogen) atoms. The number of nitrogens with zero attached hydrogens (tertiary/aromatic N) is 1. The van der Waals surface area contributed by atoms with Crippen LogP contribution in [0.15, 0.2) is 0 Å². The Kier molecular flexibility index (Phi) is 6.22. The maximum Gasteiger partial charge on any atom is 0.227 e. The molecule has 112 valence electrons. The molecule has 0 radical (unpaired) electrons. The van der Waals surface area contributed by atoms with E-state index in [-0.39, 0.29) is 29.4 Å². The molecule has 0 bridgehead atoms. The van der Waals surface area contributed by atoms with Crippen LogP contribution in [0, 0.1) is 5.92 Å². The molecule has 6 nitrogen and oxygen atoms in total. The summed E-state index contributed by atoms with van der Waals surface area (Å²) >= 11 is 0. The van der Waals surface area contributed by atoms with Crippen molar-refractivity contribution < 1.29 is 17.9 Å². The summed E-state index contributed by atoms with van der Waals surface area (Å²) in [5.74, 6) is 0.0856. The van der Waals surface area contributed by atoms with Gasteiger partial charge in [-0.3, -0.25) is 4.79 Å². The van der Waals surface area contributed by atoms with Crippen molar-refractivity contribution in [1.29, 1.82) is 0 Å². The van der Waals surface area contributed by atoms with Crippen molar-refractivity contribution in [3.8, 4) is 0 Å². The molecule has 1 aliphatic rings. The van der Waals surface area contributed by atoms with Gasteiger partial charge in [0.05, 0.1) is 18.1 Å². The lowest BCUT2D eigenvalue weighted by Gasteiger charge is -2.30. The standard InChI is InChI=1S/C12H24N2O4S/c1-10(8-13-2)12(15)14(5-6-18-3)11-4-7-19(16,17)9-11/h10-11,13H,4-9H2,1-3H3. The van der Waals surface area contributed by atoms with E-state index in [1.165, 1.54) is 0 Å². The second-order valence-electron chi connectivity index (χ2n) is 5.04. The average molecular weight is 292 g/mol. The Bertz CT molecular complexity index is 397. The molecule has 0 spiro atoms. The number of amides is 1. The summed E-state index contributed by atoms with van der Waals surface area (Å²) in [5, 5.41) is 2.97. The van der Waals surface area contributed by atoms with Crippen LogP contribution < -0.4 is 5.32 Å². The summed E-state index contributed by atoms with van der Waals surface area (Å²) < 4.78 is 28.1. The van der Waals surface area contributed by atoms with Crippen molar-refractivity contribution in [3.63, 3.8) is 0 Å². The third-order valence-corrected chi connectivity index (χ3v) is 5.15. The predicted octanol–water partition coefficient (Wildman–Crippen LogP) is -0.496. The summed E-state index contributed by atoms with van der Waals surface area (Å²) in [4.78, 5) is 14.0. The molecule has 0 saturated carbocycles. The van der Waals surface area contributed by atoms with Crippen LogP contribution in [0.1, 0.15) is 13.3 Å². The van der Waals surface area contributed by atoms with Gasteiger partial charge in [0, 0.05) is 32.2 Å². The molecule has 7 heteroatoms. The zero-order valence-corrected chi connectivity index (χ0v) is 12.7. The molecule has 1 N–H and O–H groups in total. The van der Waals surface area contributed by atoms with Crippen LogP contribution in [0.4, 0.5) is 0 Å². The zero-order chi connectivity index (χ0) is 14.5. The molecule has 2 atom stereocenters. The molecule has 1 fully saturated rings. The van der Waals surface area contributed by atoms with Gasteiger partial charge in [0.1, 0.15) is 0 Å².